The van der Waals surface area contributed by atoms with Crippen molar-refractivity contribution in [2.24, 2.45) is 0 Å². The number of thiazole rings is 1. The van der Waals surface area contributed by atoms with E-state index in [9.17, 15) is 4.79 Å². The Hall–Kier alpha value is -1.69. The van der Waals surface area contributed by atoms with Gasteiger partial charge in [-0.2, -0.15) is 5.10 Å². The van der Waals surface area contributed by atoms with Gasteiger partial charge in [0.15, 0.2) is 5.13 Å². The van der Waals surface area contributed by atoms with Crippen molar-refractivity contribution < 1.29 is 0 Å². The third kappa shape index (κ3) is 3.25. The van der Waals surface area contributed by atoms with E-state index in [0.717, 1.165) is 35.9 Å². The van der Waals surface area contributed by atoms with Gasteiger partial charge in [-0.1, -0.05) is 13.3 Å². The van der Waals surface area contributed by atoms with Gasteiger partial charge in [-0.3, -0.25) is 4.79 Å². The quantitative estimate of drug-likeness (QED) is 0.832. The lowest BCUT2D eigenvalue weighted by Gasteiger charge is -2.05. The molecule has 0 aliphatic carbocycles. The molecule has 2 aromatic rings. The van der Waals surface area contributed by atoms with Gasteiger partial charge in [0.25, 0.3) is 5.56 Å². The highest BCUT2D eigenvalue weighted by Gasteiger charge is 2.11. The highest BCUT2D eigenvalue weighted by atomic mass is 32.1. The van der Waals surface area contributed by atoms with Crippen molar-refractivity contribution in [1.82, 2.24) is 14.8 Å². The molecule has 6 heteroatoms. The van der Waals surface area contributed by atoms with Crippen LogP contribution in [0.25, 0.3) is 11.3 Å². The summed E-state index contributed by atoms with van der Waals surface area (Å²) >= 11 is 1.53. The van der Waals surface area contributed by atoms with E-state index in [4.69, 9.17) is 0 Å². The largest absolute Gasteiger partial charge is 0.362 e. The number of unbranched alkanes of at least 4 members (excludes halogenated alkanes) is 1. The molecule has 108 valence electrons. The molecule has 0 aliphatic heterocycles. The third-order valence-electron chi connectivity index (χ3n) is 2.98. The molecule has 2 heterocycles. The summed E-state index contributed by atoms with van der Waals surface area (Å²) in [6.07, 6.45) is 2.27. The van der Waals surface area contributed by atoms with Crippen LogP contribution in [0.3, 0.4) is 0 Å². The van der Waals surface area contributed by atoms with Gasteiger partial charge in [-0.25, -0.2) is 9.67 Å². The van der Waals surface area contributed by atoms with Crippen LogP contribution >= 0.6 is 11.3 Å². The highest BCUT2D eigenvalue weighted by Crippen LogP contribution is 2.22. The molecule has 0 unspecified atom stereocenters. The number of rotatable bonds is 6. The average Bonchev–Trinajstić information content (AvgIpc) is 2.90. The van der Waals surface area contributed by atoms with E-state index in [0.29, 0.717) is 12.1 Å². The van der Waals surface area contributed by atoms with Crippen LogP contribution in [-0.2, 0) is 6.54 Å². The average molecular weight is 292 g/mol. The molecule has 0 bridgehead atoms. The van der Waals surface area contributed by atoms with Crippen molar-refractivity contribution in [2.75, 3.05) is 11.9 Å². The Bertz CT molecular complexity index is 632. The molecule has 0 atom stereocenters. The fourth-order valence-corrected chi connectivity index (χ4v) is 2.66. The minimum atomic E-state index is -0.0801. The topological polar surface area (TPSA) is 59.8 Å². The Kier molecular flexibility index (Phi) is 4.89. The molecule has 1 N–H and O–H groups in total. The van der Waals surface area contributed by atoms with Gasteiger partial charge < -0.3 is 5.32 Å². The van der Waals surface area contributed by atoms with Crippen LogP contribution in [-0.4, -0.2) is 21.3 Å². The molecule has 0 aromatic carbocycles. The van der Waals surface area contributed by atoms with Gasteiger partial charge in [0.1, 0.15) is 0 Å². The summed E-state index contributed by atoms with van der Waals surface area (Å²) in [6.45, 7) is 7.44. The van der Waals surface area contributed by atoms with Crippen molar-refractivity contribution in [3.63, 3.8) is 0 Å². The van der Waals surface area contributed by atoms with Crippen LogP contribution in [0.5, 0.6) is 0 Å². The van der Waals surface area contributed by atoms with Crippen molar-refractivity contribution in [3.05, 3.63) is 27.5 Å². The van der Waals surface area contributed by atoms with E-state index in [1.165, 1.54) is 16.0 Å². The molecule has 0 spiro atoms. The summed E-state index contributed by atoms with van der Waals surface area (Å²) in [5.41, 5.74) is 2.10. The number of nitrogens with one attached hydrogen (secondary N) is 1. The van der Waals surface area contributed by atoms with Crippen LogP contribution in [0.15, 0.2) is 16.2 Å². The van der Waals surface area contributed by atoms with Crippen molar-refractivity contribution in [1.29, 1.82) is 0 Å². The predicted octanol–water partition coefficient (Wildman–Crippen LogP) is 2.91. The molecule has 0 saturated heterocycles. The van der Waals surface area contributed by atoms with E-state index >= 15 is 0 Å². The molecule has 0 aliphatic rings. The summed E-state index contributed by atoms with van der Waals surface area (Å²) in [6, 6.07) is 1.80. The van der Waals surface area contributed by atoms with Gasteiger partial charge in [0, 0.05) is 18.5 Å². The standard InChI is InChI=1S/C14H20N4OS/c1-4-6-7-15-14-16-12(9-20-14)11-8-10(3)17-18(5-2)13(11)19/h8-9H,4-7H2,1-3H3,(H,15,16). The summed E-state index contributed by atoms with van der Waals surface area (Å²) in [5.74, 6) is 0. The maximum atomic E-state index is 12.3. The number of hydrogen-bond acceptors (Lipinski definition) is 5. The molecular weight excluding hydrogens is 272 g/mol. The summed E-state index contributed by atoms with van der Waals surface area (Å²) in [4.78, 5) is 16.8. The van der Waals surface area contributed by atoms with Crippen molar-refractivity contribution in [3.8, 4) is 11.3 Å². The molecular formula is C14H20N4OS. The molecule has 20 heavy (non-hydrogen) atoms. The summed E-state index contributed by atoms with van der Waals surface area (Å²) in [7, 11) is 0. The Balaban J connectivity index is 2.28. The highest BCUT2D eigenvalue weighted by molar-refractivity contribution is 7.14. The summed E-state index contributed by atoms with van der Waals surface area (Å²) in [5, 5.41) is 10.3. The lowest BCUT2D eigenvalue weighted by Crippen LogP contribution is -2.24. The Labute approximate surface area is 122 Å². The fourth-order valence-electron chi connectivity index (χ4n) is 1.92. The number of nitrogens with zero attached hydrogens (tertiary/aromatic N) is 3. The Morgan fingerprint density at radius 1 is 1.40 bits per heavy atom. The zero-order chi connectivity index (χ0) is 14.5. The summed E-state index contributed by atoms with van der Waals surface area (Å²) < 4.78 is 1.48. The Morgan fingerprint density at radius 2 is 2.20 bits per heavy atom. The minimum Gasteiger partial charge on any atom is -0.362 e. The number of anilines is 1. The van der Waals surface area contributed by atoms with Crippen molar-refractivity contribution >= 4 is 16.5 Å². The van der Waals surface area contributed by atoms with Crippen LogP contribution in [0.4, 0.5) is 5.13 Å². The predicted molar refractivity (Wildman–Crippen MR) is 83.4 cm³/mol. The fraction of sp³-hybridized carbons (Fsp3) is 0.500. The van der Waals surface area contributed by atoms with E-state index in [1.807, 2.05) is 19.2 Å². The second-order valence-corrected chi connectivity index (χ2v) is 5.50. The number of hydrogen-bond donors (Lipinski definition) is 1. The van der Waals surface area contributed by atoms with Crippen LogP contribution < -0.4 is 10.9 Å². The second-order valence-electron chi connectivity index (χ2n) is 4.64. The molecule has 0 radical (unpaired) electrons. The smallest absolute Gasteiger partial charge is 0.276 e. The van der Waals surface area contributed by atoms with Crippen molar-refractivity contribution in [2.45, 2.75) is 40.2 Å². The monoisotopic (exact) mass is 292 g/mol. The zero-order valence-electron chi connectivity index (χ0n) is 12.1. The maximum Gasteiger partial charge on any atom is 0.276 e. The molecule has 2 aromatic heterocycles. The van der Waals surface area contributed by atoms with E-state index < -0.39 is 0 Å². The zero-order valence-corrected chi connectivity index (χ0v) is 13.0. The van der Waals surface area contributed by atoms with E-state index in [2.05, 4.69) is 22.3 Å². The first kappa shape index (κ1) is 14.7. The number of aromatic nitrogens is 3. The third-order valence-corrected chi connectivity index (χ3v) is 3.78. The maximum absolute atomic E-state index is 12.3. The molecule has 0 saturated carbocycles. The number of aryl methyl sites for hydroxylation is 2. The first-order valence-corrected chi connectivity index (χ1v) is 7.82. The Morgan fingerprint density at radius 3 is 2.90 bits per heavy atom. The van der Waals surface area contributed by atoms with Gasteiger partial charge in [0.2, 0.25) is 0 Å². The van der Waals surface area contributed by atoms with Crippen LogP contribution in [0, 0.1) is 6.92 Å². The van der Waals surface area contributed by atoms with Crippen LogP contribution in [0.1, 0.15) is 32.4 Å². The lowest BCUT2D eigenvalue weighted by atomic mass is 10.2. The van der Waals surface area contributed by atoms with Crippen LogP contribution in [0.2, 0.25) is 0 Å². The van der Waals surface area contributed by atoms with Gasteiger partial charge in [0.05, 0.1) is 17.0 Å². The lowest BCUT2D eigenvalue weighted by molar-refractivity contribution is 0.607. The molecule has 0 amide bonds. The normalized spacial score (nSPS) is 10.8. The minimum absolute atomic E-state index is 0.0801. The molecule has 2 rings (SSSR count). The van der Waals surface area contributed by atoms with Gasteiger partial charge >= 0.3 is 0 Å². The second kappa shape index (κ2) is 6.65. The van der Waals surface area contributed by atoms with Gasteiger partial charge in [-0.05, 0) is 26.3 Å². The van der Waals surface area contributed by atoms with E-state index in [-0.39, 0.29) is 5.56 Å². The molecule has 5 nitrogen and oxygen atoms in total. The molecule has 0 fully saturated rings. The van der Waals surface area contributed by atoms with Gasteiger partial charge in [-0.15, -0.1) is 11.3 Å². The SMILES string of the molecule is CCCCNc1nc(-c2cc(C)nn(CC)c2=O)cs1. The first-order chi connectivity index (χ1) is 9.65. The van der Waals surface area contributed by atoms with E-state index in [1.54, 1.807) is 6.07 Å². The first-order valence-electron chi connectivity index (χ1n) is 6.94.